The summed E-state index contributed by atoms with van der Waals surface area (Å²) < 4.78 is 0. The summed E-state index contributed by atoms with van der Waals surface area (Å²) in [6.45, 7) is 2.38. The van der Waals surface area contributed by atoms with E-state index >= 15 is 0 Å². The van der Waals surface area contributed by atoms with Crippen molar-refractivity contribution in [3.8, 4) is 5.75 Å². The smallest absolute Gasteiger partial charge is 0.229 e. The fourth-order valence-corrected chi connectivity index (χ4v) is 1.13. The van der Waals surface area contributed by atoms with Gasteiger partial charge in [-0.1, -0.05) is 6.92 Å². The lowest BCUT2D eigenvalue weighted by molar-refractivity contribution is -0.119. The van der Waals surface area contributed by atoms with E-state index in [4.69, 9.17) is 0 Å². The molecule has 1 aromatic heterocycles. The monoisotopic (exact) mass is 209 g/mol. The summed E-state index contributed by atoms with van der Waals surface area (Å²) in [7, 11) is 1.78. The highest BCUT2D eigenvalue weighted by atomic mass is 16.3. The van der Waals surface area contributed by atoms with Gasteiger partial charge in [-0.05, 0) is 19.2 Å². The van der Waals surface area contributed by atoms with Gasteiger partial charge in [-0.2, -0.15) is 0 Å². The molecule has 0 saturated heterocycles. The van der Waals surface area contributed by atoms with Crippen LogP contribution >= 0.6 is 0 Å². The van der Waals surface area contributed by atoms with Gasteiger partial charge in [0.1, 0.15) is 0 Å². The predicted molar refractivity (Wildman–Crippen MR) is 57.6 cm³/mol. The number of hydrogen-bond acceptors (Lipinski definition) is 4. The molecule has 0 bridgehead atoms. The van der Waals surface area contributed by atoms with Crippen molar-refractivity contribution in [2.24, 2.45) is 5.92 Å². The topological polar surface area (TPSA) is 74.2 Å². The van der Waals surface area contributed by atoms with Gasteiger partial charge in [0.2, 0.25) is 5.91 Å². The van der Waals surface area contributed by atoms with Crippen LogP contribution in [0.2, 0.25) is 0 Å². The van der Waals surface area contributed by atoms with Crippen LogP contribution in [0.1, 0.15) is 6.92 Å². The van der Waals surface area contributed by atoms with Crippen LogP contribution in [0, 0.1) is 5.92 Å². The molecule has 1 rings (SSSR count). The first-order chi connectivity index (χ1) is 7.15. The fourth-order valence-electron chi connectivity index (χ4n) is 1.13. The van der Waals surface area contributed by atoms with E-state index in [0.29, 0.717) is 6.54 Å². The Bertz CT molecular complexity index is 341. The van der Waals surface area contributed by atoms with Crippen molar-refractivity contribution in [3.05, 3.63) is 18.3 Å². The first-order valence-electron chi connectivity index (χ1n) is 4.74. The van der Waals surface area contributed by atoms with Crippen molar-refractivity contribution < 1.29 is 9.90 Å². The molecule has 0 aliphatic heterocycles. The van der Waals surface area contributed by atoms with E-state index < -0.39 is 0 Å². The lowest BCUT2D eigenvalue weighted by Gasteiger charge is -2.11. The van der Waals surface area contributed by atoms with Crippen LogP contribution in [0.4, 0.5) is 5.82 Å². The maximum absolute atomic E-state index is 11.6. The Morgan fingerprint density at radius 3 is 3.00 bits per heavy atom. The van der Waals surface area contributed by atoms with E-state index in [-0.39, 0.29) is 23.4 Å². The Kier molecular flexibility index (Phi) is 4.05. The molecule has 0 fully saturated rings. The first-order valence-corrected chi connectivity index (χ1v) is 4.74. The van der Waals surface area contributed by atoms with Crippen LogP contribution in [0.3, 0.4) is 0 Å². The zero-order valence-electron chi connectivity index (χ0n) is 8.82. The predicted octanol–water partition coefficient (Wildman–Crippen LogP) is 0.581. The minimum absolute atomic E-state index is 0.0255. The lowest BCUT2D eigenvalue weighted by atomic mass is 10.1. The number of nitrogens with zero attached hydrogens (tertiary/aromatic N) is 1. The molecule has 5 nitrogen and oxygen atoms in total. The zero-order valence-corrected chi connectivity index (χ0v) is 8.82. The van der Waals surface area contributed by atoms with Crippen molar-refractivity contribution in [2.45, 2.75) is 6.92 Å². The summed E-state index contributed by atoms with van der Waals surface area (Å²) in [6.07, 6.45) is 1.51. The molecule has 5 heteroatoms. The first kappa shape index (κ1) is 11.5. The standard InChI is InChI=1S/C10H15N3O2/c1-7(6-11-2)10(15)13-9-8(14)4-3-5-12-9/h3-5,7,11,14H,6H2,1-2H3,(H,12,13,15). The normalized spacial score (nSPS) is 12.1. The second-order valence-electron chi connectivity index (χ2n) is 3.32. The number of pyridine rings is 1. The van der Waals surface area contributed by atoms with Crippen LogP contribution in [0.5, 0.6) is 5.75 Å². The third kappa shape index (κ3) is 3.21. The average molecular weight is 209 g/mol. The van der Waals surface area contributed by atoms with Gasteiger partial charge in [0.25, 0.3) is 0 Å². The molecule has 0 radical (unpaired) electrons. The van der Waals surface area contributed by atoms with Crippen LogP contribution in [0.25, 0.3) is 0 Å². The molecular formula is C10H15N3O2. The van der Waals surface area contributed by atoms with Crippen molar-refractivity contribution in [1.82, 2.24) is 10.3 Å². The van der Waals surface area contributed by atoms with Gasteiger partial charge in [-0.3, -0.25) is 4.79 Å². The highest BCUT2D eigenvalue weighted by Crippen LogP contribution is 2.18. The number of anilines is 1. The summed E-state index contributed by atoms with van der Waals surface area (Å²) in [5.41, 5.74) is 0. The van der Waals surface area contributed by atoms with Crippen LogP contribution in [-0.4, -0.2) is 29.6 Å². The Hall–Kier alpha value is -1.62. The van der Waals surface area contributed by atoms with Crippen LogP contribution < -0.4 is 10.6 Å². The molecule has 1 aromatic rings. The molecule has 0 aromatic carbocycles. The third-order valence-electron chi connectivity index (χ3n) is 1.99. The number of hydrogen-bond donors (Lipinski definition) is 3. The highest BCUT2D eigenvalue weighted by molar-refractivity contribution is 5.92. The number of aromatic nitrogens is 1. The molecule has 0 spiro atoms. The summed E-state index contributed by atoms with van der Waals surface area (Å²) in [4.78, 5) is 15.4. The molecule has 1 heterocycles. The fraction of sp³-hybridized carbons (Fsp3) is 0.400. The molecule has 0 aliphatic carbocycles. The number of carbonyl (C=O) groups excluding carboxylic acids is 1. The average Bonchev–Trinajstić information content (AvgIpc) is 2.21. The number of aromatic hydroxyl groups is 1. The van der Waals surface area contributed by atoms with E-state index in [1.165, 1.54) is 12.3 Å². The largest absolute Gasteiger partial charge is 0.504 e. The van der Waals surface area contributed by atoms with E-state index in [0.717, 1.165) is 0 Å². The van der Waals surface area contributed by atoms with Gasteiger partial charge in [-0.15, -0.1) is 0 Å². The van der Waals surface area contributed by atoms with Gasteiger partial charge in [0.15, 0.2) is 11.6 Å². The maximum atomic E-state index is 11.6. The van der Waals surface area contributed by atoms with E-state index in [2.05, 4.69) is 15.6 Å². The number of amides is 1. The second kappa shape index (κ2) is 5.31. The lowest BCUT2D eigenvalue weighted by Crippen LogP contribution is -2.28. The Morgan fingerprint density at radius 1 is 1.67 bits per heavy atom. The minimum Gasteiger partial charge on any atom is -0.504 e. The summed E-state index contributed by atoms with van der Waals surface area (Å²) in [5.74, 6) is -0.164. The van der Waals surface area contributed by atoms with Gasteiger partial charge in [0, 0.05) is 18.7 Å². The van der Waals surface area contributed by atoms with Crippen LogP contribution in [-0.2, 0) is 4.79 Å². The number of carbonyl (C=O) groups is 1. The number of nitrogens with one attached hydrogen (secondary N) is 2. The van der Waals surface area contributed by atoms with E-state index in [9.17, 15) is 9.90 Å². The van der Waals surface area contributed by atoms with Crippen molar-refractivity contribution in [1.29, 1.82) is 0 Å². The molecule has 1 unspecified atom stereocenters. The third-order valence-corrected chi connectivity index (χ3v) is 1.99. The molecule has 0 saturated carbocycles. The molecule has 82 valence electrons. The molecule has 0 aliphatic rings. The number of rotatable bonds is 4. The Balaban J connectivity index is 2.62. The molecule has 1 amide bonds. The van der Waals surface area contributed by atoms with Gasteiger partial charge in [0.05, 0.1) is 0 Å². The second-order valence-corrected chi connectivity index (χ2v) is 3.32. The molecule has 1 atom stereocenters. The minimum atomic E-state index is -0.170. The van der Waals surface area contributed by atoms with Crippen molar-refractivity contribution >= 4 is 11.7 Å². The van der Waals surface area contributed by atoms with E-state index in [1.54, 1.807) is 20.0 Å². The molecule has 3 N–H and O–H groups in total. The molecular weight excluding hydrogens is 194 g/mol. The quantitative estimate of drug-likeness (QED) is 0.678. The summed E-state index contributed by atoms with van der Waals surface area (Å²) >= 11 is 0. The highest BCUT2D eigenvalue weighted by Gasteiger charge is 2.13. The Labute approximate surface area is 88.5 Å². The Morgan fingerprint density at radius 2 is 2.40 bits per heavy atom. The molecule has 15 heavy (non-hydrogen) atoms. The maximum Gasteiger partial charge on any atom is 0.229 e. The van der Waals surface area contributed by atoms with Gasteiger partial charge >= 0.3 is 0 Å². The van der Waals surface area contributed by atoms with Crippen molar-refractivity contribution in [2.75, 3.05) is 18.9 Å². The SMILES string of the molecule is CNCC(C)C(=O)Nc1ncccc1O. The van der Waals surface area contributed by atoms with Gasteiger partial charge in [-0.25, -0.2) is 4.98 Å². The van der Waals surface area contributed by atoms with Crippen molar-refractivity contribution in [3.63, 3.8) is 0 Å². The van der Waals surface area contributed by atoms with Gasteiger partial charge < -0.3 is 15.7 Å². The van der Waals surface area contributed by atoms with E-state index in [1.807, 2.05) is 0 Å². The van der Waals surface area contributed by atoms with Crippen LogP contribution in [0.15, 0.2) is 18.3 Å². The summed E-state index contributed by atoms with van der Waals surface area (Å²) in [5, 5.41) is 14.8. The zero-order chi connectivity index (χ0) is 11.3. The summed E-state index contributed by atoms with van der Waals surface area (Å²) in [6, 6.07) is 3.08.